The van der Waals surface area contributed by atoms with Crippen LogP contribution in [0.1, 0.15) is 0 Å². The fourth-order valence-electron chi connectivity index (χ4n) is 2.67. The molecular formula is C15H20N2O2. The molecule has 2 heterocycles. The number of fused-ring (bicyclic) bond motifs is 1. The minimum absolute atomic E-state index is 0.339. The second-order valence-corrected chi connectivity index (χ2v) is 5.09. The minimum Gasteiger partial charge on any atom is -0.390 e. The van der Waals surface area contributed by atoms with Gasteiger partial charge in [-0.15, -0.1) is 0 Å². The van der Waals surface area contributed by atoms with E-state index >= 15 is 0 Å². The summed E-state index contributed by atoms with van der Waals surface area (Å²) in [5.41, 5.74) is 1.18. The van der Waals surface area contributed by atoms with Crippen molar-refractivity contribution < 1.29 is 9.84 Å². The molecule has 1 aromatic carbocycles. The summed E-state index contributed by atoms with van der Waals surface area (Å²) < 4.78 is 7.44. The molecule has 1 aliphatic rings. The smallest absolute Gasteiger partial charge is 0.0845 e. The van der Waals surface area contributed by atoms with Gasteiger partial charge in [-0.25, -0.2) is 0 Å². The number of aliphatic hydroxyl groups excluding tert-OH is 1. The van der Waals surface area contributed by atoms with Crippen molar-refractivity contribution in [1.29, 1.82) is 0 Å². The van der Waals surface area contributed by atoms with Crippen molar-refractivity contribution in [3.05, 3.63) is 36.5 Å². The molecule has 1 aromatic heterocycles. The van der Waals surface area contributed by atoms with Crippen LogP contribution in [0.3, 0.4) is 0 Å². The zero-order chi connectivity index (χ0) is 13.1. The van der Waals surface area contributed by atoms with Crippen LogP contribution in [-0.2, 0) is 11.3 Å². The summed E-state index contributed by atoms with van der Waals surface area (Å²) in [4.78, 5) is 2.26. The summed E-state index contributed by atoms with van der Waals surface area (Å²) in [5, 5.41) is 11.5. The van der Waals surface area contributed by atoms with Gasteiger partial charge in [0.2, 0.25) is 0 Å². The molecule has 0 spiro atoms. The van der Waals surface area contributed by atoms with Crippen LogP contribution >= 0.6 is 0 Å². The molecule has 0 bridgehead atoms. The quantitative estimate of drug-likeness (QED) is 0.901. The summed E-state index contributed by atoms with van der Waals surface area (Å²) >= 11 is 0. The van der Waals surface area contributed by atoms with E-state index in [1.807, 2.05) is 18.3 Å². The first-order chi connectivity index (χ1) is 9.33. The van der Waals surface area contributed by atoms with Gasteiger partial charge in [0.15, 0.2) is 0 Å². The second kappa shape index (κ2) is 5.74. The number of morpholine rings is 1. The Bertz CT molecular complexity index is 532. The standard InChI is InChI=1S/C15H20N2O2/c18-14(11-16-7-9-19-10-8-16)12-17-6-5-13-3-1-2-4-15(13)17/h1-6,14,18H,7-12H2/t14-/m1/s1. The van der Waals surface area contributed by atoms with Crippen LogP contribution in [0.4, 0.5) is 0 Å². The van der Waals surface area contributed by atoms with Crippen molar-refractivity contribution in [2.24, 2.45) is 0 Å². The van der Waals surface area contributed by atoms with E-state index in [1.54, 1.807) is 0 Å². The van der Waals surface area contributed by atoms with E-state index in [2.05, 4.69) is 27.7 Å². The first-order valence-corrected chi connectivity index (χ1v) is 6.85. The highest BCUT2D eigenvalue weighted by Gasteiger charge is 2.15. The molecule has 0 aliphatic carbocycles. The van der Waals surface area contributed by atoms with Crippen LogP contribution in [0.25, 0.3) is 10.9 Å². The summed E-state index contributed by atoms with van der Waals surface area (Å²) in [6.45, 7) is 4.76. The van der Waals surface area contributed by atoms with Gasteiger partial charge < -0.3 is 14.4 Å². The Hall–Kier alpha value is -1.36. The van der Waals surface area contributed by atoms with E-state index in [0.29, 0.717) is 6.54 Å². The van der Waals surface area contributed by atoms with Gasteiger partial charge in [-0.1, -0.05) is 18.2 Å². The Morgan fingerprint density at radius 2 is 1.89 bits per heavy atom. The Labute approximate surface area is 113 Å². The van der Waals surface area contributed by atoms with Crippen LogP contribution in [0, 0.1) is 0 Å². The molecular weight excluding hydrogens is 240 g/mol. The van der Waals surface area contributed by atoms with Crippen LogP contribution in [-0.4, -0.2) is 53.5 Å². The number of para-hydroxylation sites is 1. The van der Waals surface area contributed by atoms with E-state index in [-0.39, 0.29) is 6.10 Å². The van der Waals surface area contributed by atoms with Gasteiger partial charge in [0.25, 0.3) is 0 Å². The summed E-state index contributed by atoms with van der Waals surface area (Å²) in [6.07, 6.45) is 1.71. The maximum Gasteiger partial charge on any atom is 0.0845 e. The van der Waals surface area contributed by atoms with E-state index < -0.39 is 0 Å². The fourth-order valence-corrected chi connectivity index (χ4v) is 2.67. The van der Waals surface area contributed by atoms with Crippen molar-refractivity contribution >= 4 is 10.9 Å². The molecule has 1 atom stereocenters. The maximum absolute atomic E-state index is 10.2. The van der Waals surface area contributed by atoms with Crippen molar-refractivity contribution in [2.45, 2.75) is 12.6 Å². The highest BCUT2D eigenvalue weighted by molar-refractivity contribution is 5.79. The van der Waals surface area contributed by atoms with Crippen molar-refractivity contribution in [3.8, 4) is 0 Å². The van der Waals surface area contributed by atoms with E-state index in [0.717, 1.165) is 32.8 Å². The second-order valence-electron chi connectivity index (χ2n) is 5.09. The van der Waals surface area contributed by atoms with Crippen LogP contribution in [0.5, 0.6) is 0 Å². The molecule has 4 heteroatoms. The topological polar surface area (TPSA) is 37.6 Å². The number of β-amino-alcohol motifs (C(OH)–C–C–N with tert-alkyl or cyclic N) is 1. The molecule has 1 N–H and O–H groups in total. The molecule has 0 amide bonds. The molecule has 0 radical (unpaired) electrons. The zero-order valence-electron chi connectivity index (χ0n) is 11.0. The fraction of sp³-hybridized carbons (Fsp3) is 0.467. The monoisotopic (exact) mass is 260 g/mol. The number of hydrogen-bond acceptors (Lipinski definition) is 3. The lowest BCUT2D eigenvalue weighted by atomic mass is 10.2. The average molecular weight is 260 g/mol. The Morgan fingerprint density at radius 3 is 2.74 bits per heavy atom. The summed E-state index contributed by atoms with van der Waals surface area (Å²) in [6, 6.07) is 10.4. The lowest BCUT2D eigenvalue weighted by Gasteiger charge is -2.28. The number of nitrogens with zero attached hydrogens (tertiary/aromatic N) is 2. The Balaban J connectivity index is 1.63. The molecule has 19 heavy (non-hydrogen) atoms. The van der Waals surface area contributed by atoms with Gasteiger partial charge in [0.1, 0.15) is 0 Å². The van der Waals surface area contributed by atoms with E-state index in [1.165, 1.54) is 10.9 Å². The SMILES string of the molecule is O[C@H](CN1CCOCC1)Cn1ccc2ccccc21. The van der Waals surface area contributed by atoms with Crippen LogP contribution in [0.2, 0.25) is 0 Å². The average Bonchev–Trinajstić information content (AvgIpc) is 2.83. The zero-order valence-corrected chi connectivity index (χ0v) is 11.0. The maximum atomic E-state index is 10.2. The van der Waals surface area contributed by atoms with Gasteiger partial charge in [-0.3, -0.25) is 4.90 Å². The van der Waals surface area contributed by atoms with Gasteiger partial charge in [-0.05, 0) is 17.5 Å². The molecule has 1 fully saturated rings. The van der Waals surface area contributed by atoms with E-state index in [4.69, 9.17) is 4.74 Å². The molecule has 1 saturated heterocycles. The predicted molar refractivity (Wildman–Crippen MR) is 75.2 cm³/mol. The van der Waals surface area contributed by atoms with Gasteiger partial charge in [-0.2, -0.15) is 0 Å². The van der Waals surface area contributed by atoms with Crippen molar-refractivity contribution in [2.75, 3.05) is 32.8 Å². The van der Waals surface area contributed by atoms with Crippen LogP contribution < -0.4 is 0 Å². The summed E-state index contributed by atoms with van der Waals surface area (Å²) in [5.74, 6) is 0. The highest BCUT2D eigenvalue weighted by Crippen LogP contribution is 2.15. The number of hydrogen-bond donors (Lipinski definition) is 1. The molecule has 102 valence electrons. The molecule has 3 rings (SSSR count). The summed E-state index contributed by atoms with van der Waals surface area (Å²) in [7, 11) is 0. The number of rotatable bonds is 4. The minimum atomic E-state index is -0.339. The molecule has 0 unspecified atom stereocenters. The number of aliphatic hydroxyl groups is 1. The normalized spacial score (nSPS) is 18.8. The third kappa shape index (κ3) is 2.97. The number of aromatic nitrogens is 1. The third-order valence-electron chi connectivity index (χ3n) is 3.66. The molecule has 0 saturated carbocycles. The first kappa shape index (κ1) is 12.7. The van der Waals surface area contributed by atoms with Gasteiger partial charge in [0, 0.05) is 37.9 Å². The Morgan fingerprint density at radius 1 is 1.11 bits per heavy atom. The highest BCUT2D eigenvalue weighted by atomic mass is 16.5. The van der Waals surface area contributed by atoms with Crippen molar-refractivity contribution in [3.63, 3.8) is 0 Å². The lowest BCUT2D eigenvalue weighted by molar-refractivity contribution is 0.0117. The predicted octanol–water partition coefficient (Wildman–Crippen LogP) is 1.33. The van der Waals surface area contributed by atoms with E-state index in [9.17, 15) is 5.11 Å². The molecule has 2 aromatic rings. The van der Waals surface area contributed by atoms with Gasteiger partial charge in [0.05, 0.1) is 19.3 Å². The first-order valence-electron chi connectivity index (χ1n) is 6.85. The third-order valence-corrected chi connectivity index (χ3v) is 3.66. The largest absolute Gasteiger partial charge is 0.390 e. The van der Waals surface area contributed by atoms with Crippen LogP contribution in [0.15, 0.2) is 36.5 Å². The number of benzene rings is 1. The van der Waals surface area contributed by atoms with Crippen molar-refractivity contribution in [1.82, 2.24) is 9.47 Å². The molecule has 4 nitrogen and oxygen atoms in total. The van der Waals surface area contributed by atoms with Gasteiger partial charge >= 0.3 is 0 Å². The molecule has 1 aliphatic heterocycles. The Kier molecular flexibility index (Phi) is 3.82. The number of ether oxygens (including phenoxy) is 1. The lowest BCUT2D eigenvalue weighted by Crippen LogP contribution is -2.41.